The molecule has 128 valence electrons. The van der Waals surface area contributed by atoms with Crippen molar-refractivity contribution in [1.29, 1.82) is 0 Å². The van der Waals surface area contributed by atoms with E-state index in [2.05, 4.69) is 25.8 Å². The third-order valence-corrected chi connectivity index (χ3v) is 4.40. The molecular formula is C14H28ClN5O2. The minimum absolute atomic E-state index is 0. The van der Waals surface area contributed by atoms with Gasteiger partial charge in [0.2, 0.25) is 5.91 Å². The van der Waals surface area contributed by atoms with Gasteiger partial charge in [0.25, 0.3) is 0 Å². The second kappa shape index (κ2) is 9.29. The maximum Gasteiger partial charge on any atom is 0.321 e. The maximum absolute atomic E-state index is 12.0. The average Bonchev–Trinajstić information content (AvgIpc) is 3.01. The number of hydrogen-bond acceptors (Lipinski definition) is 5. The van der Waals surface area contributed by atoms with Gasteiger partial charge in [0, 0.05) is 45.3 Å². The molecule has 0 bridgehead atoms. The molecule has 22 heavy (non-hydrogen) atoms. The molecule has 0 aliphatic carbocycles. The molecular weight excluding hydrogens is 306 g/mol. The smallest absolute Gasteiger partial charge is 0.321 e. The first-order chi connectivity index (χ1) is 10.1. The fourth-order valence-electron chi connectivity index (χ4n) is 3.03. The number of nitrogens with zero attached hydrogens (tertiary/aromatic N) is 2. The highest BCUT2D eigenvalue weighted by Crippen LogP contribution is 2.13. The van der Waals surface area contributed by atoms with Gasteiger partial charge in [0.15, 0.2) is 0 Å². The number of amides is 3. The highest BCUT2D eigenvalue weighted by molar-refractivity contribution is 5.96. The monoisotopic (exact) mass is 333 g/mol. The summed E-state index contributed by atoms with van der Waals surface area (Å²) in [7, 11) is 0. The zero-order chi connectivity index (χ0) is 15.2. The molecule has 0 spiro atoms. The molecule has 2 saturated heterocycles. The van der Waals surface area contributed by atoms with Crippen molar-refractivity contribution < 1.29 is 9.59 Å². The molecule has 8 heteroatoms. The van der Waals surface area contributed by atoms with Gasteiger partial charge in [-0.1, -0.05) is 0 Å². The predicted octanol–water partition coefficient (Wildman–Crippen LogP) is -0.378. The van der Waals surface area contributed by atoms with Gasteiger partial charge in [-0.05, 0) is 26.8 Å². The Bertz CT molecular complexity index is 368. The van der Waals surface area contributed by atoms with E-state index in [-0.39, 0.29) is 24.4 Å². The van der Waals surface area contributed by atoms with Gasteiger partial charge in [-0.25, -0.2) is 4.79 Å². The van der Waals surface area contributed by atoms with E-state index in [0.29, 0.717) is 12.6 Å². The number of imide groups is 1. The summed E-state index contributed by atoms with van der Waals surface area (Å²) >= 11 is 0. The van der Waals surface area contributed by atoms with E-state index in [4.69, 9.17) is 0 Å². The summed E-state index contributed by atoms with van der Waals surface area (Å²) in [5, 5.41) is 8.36. The van der Waals surface area contributed by atoms with E-state index in [1.54, 1.807) is 0 Å². The van der Waals surface area contributed by atoms with Crippen LogP contribution in [0, 0.1) is 0 Å². The number of urea groups is 1. The van der Waals surface area contributed by atoms with Crippen LogP contribution in [0.15, 0.2) is 0 Å². The molecule has 3 amide bonds. The van der Waals surface area contributed by atoms with E-state index < -0.39 is 6.03 Å². The van der Waals surface area contributed by atoms with Crippen LogP contribution in [0.4, 0.5) is 4.79 Å². The number of halogens is 1. The molecule has 0 saturated carbocycles. The van der Waals surface area contributed by atoms with Crippen LogP contribution in [0.1, 0.15) is 20.3 Å². The number of carbonyl (C=O) groups is 2. The predicted molar refractivity (Wildman–Crippen MR) is 88.3 cm³/mol. The van der Waals surface area contributed by atoms with Gasteiger partial charge < -0.3 is 10.6 Å². The molecule has 2 rings (SSSR count). The first-order valence-corrected chi connectivity index (χ1v) is 7.89. The van der Waals surface area contributed by atoms with Crippen LogP contribution >= 0.6 is 12.4 Å². The van der Waals surface area contributed by atoms with Crippen LogP contribution in [-0.4, -0.2) is 79.6 Å². The van der Waals surface area contributed by atoms with Crippen LogP contribution in [0.3, 0.4) is 0 Å². The zero-order valence-electron chi connectivity index (χ0n) is 13.4. The van der Waals surface area contributed by atoms with Crippen LogP contribution < -0.4 is 16.0 Å². The lowest BCUT2D eigenvalue weighted by Gasteiger charge is -2.39. The van der Waals surface area contributed by atoms with Gasteiger partial charge >= 0.3 is 6.03 Å². The third kappa shape index (κ3) is 5.08. The zero-order valence-corrected chi connectivity index (χ0v) is 14.2. The lowest BCUT2D eigenvalue weighted by molar-refractivity contribution is -0.125. The largest absolute Gasteiger partial charge is 0.338 e. The number of rotatable bonds is 4. The van der Waals surface area contributed by atoms with Crippen molar-refractivity contribution in [2.75, 3.05) is 45.8 Å². The molecule has 2 heterocycles. The van der Waals surface area contributed by atoms with Crippen molar-refractivity contribution in [2.45, 2.75) is 32.4 Å². The topological polar surface area (TPSA) is 76.7 Å². The molecule has 0 aromatic rings. The maximum atomic E-state index is 12.0. The van der Waals surface area contributed by atoms with Crippen molar-refractivity contribution in [3.05, 3.63) is 0 Å². The standard InChI is InChI=1S/C14H27N5O2.ClH/c1-3-16-14(21)17-13(20)11(2)18-6-8-19(9-7-18)12-4-5-15-10-12;/h11-12,15H,3-10H2,1-2H3,(H2,16,17,20,21);1H. The van der Waals surface area contributed by atoms with E-state index in [9.17, 15) is 9.59 Å². The lowest BCUT2D eigenvalue weighted by Crippen LogP contribution is -2.57. The Hall–Kier alpha value is -0.890. The van der Waals surface area contributed by atoms with Gasteiger partial charge in [-0.2, -0.15) is 0 Å². The first-order valence-electron chi connectivity index (χ1n) is 7.89. The normalized spacial score (nSPS) is 24.4. The summed E-state index contributed by atoms with van der Waals surface area (Å²) in [6.45, 7) is 10.1. The molecule has 2 aliphatic rings. The highest BCUT2D eigenvalue weighted by Gasteiger charge is 2.30. The number of hydrogen-bond donors (Lipinski definition) is 3. The molecule has 2 fully saturated rings. The fraction of sp³-hybridized carbons (Fsp3) is 0.857. The Morgan fingerprint density at radius 1 is 1.27 bits per heavy atom. The van der Waals surface area contributed by atoms with Crippen LogP contribution in [0.25, 0.3) is 0 Å². The summed E-state index contributed by atoms with van der Waals surface area (Å²) < 4.78 is 0. The lowest BCUT2D eigenvalue weighted by atomic mass is 10.1. The quantitative estimate of drug-likeness (QED) is 0.654. The van der Waals surface area contributed by atoms with Crippen molar-refractivity contribution >= 4 is 24.3 Å². The number of carbonyl (C=O) groups excluding carboxylic acids is 2. The van der Waals surface area contributed by atoms with E-state index >= 15 is 0 Å². The SMILES string of the molecule is CCNC(=O)NC(=O)C(C)N1CCN(C2CCNC2)CC1.Cl. The third-order valence-electron chi connectivity index (χ3n) is 4.40. The minimum atomic E-state index is -0.412. The van der Waals surface area contributed by atoms with Gasteiger partial charge in [0.1, 0.15) is 0 Å². The number of nitrogens with one attached hydrogen (secondary N) is 3. The summed E-state index contributed by atoms with van der Waals surface area (Å²) in [4.78, 5) is 28.1. The summed E-state index contributed by atoms with van der Waals surface area (Å²) in [5.41, 5.74) is 0. The Morgan fingerprint density at radius 2 is 1.95 bits per heavy atom. The van der Waals surface area contributed by atoms with E-state index in [0.717, 1.165) is 39.3 Å². The number of piperazine rings is 1. The van der Waals surface area contributed by atoms with Gasteiger partial charge in [-0.3, -0.25) is 19.9 Å². The Labute approximate surface area is 138 Å². The summed E-state index contributed by atoms with van der Waals surface area (Å²) in [5.74, 6) is -0.225. The second-order valence-electron chi connectivity index (χ2n) is 5.74. The molecule has 0 radical (unpaired) electrons. The molecule has 0 aromatic carbocycles. The van der Waals surface area contributed by atoms with Crippen molar-refractivity contribution in [1.82, 2.24) is 25.8 Å². The Kier molecular flexibility index (Phi) is 8.09. The van der Waals surface area contributed by atoms with Crippen LogP contribution in [0.5, 0.6) is 0 Å². The van der Waals surface area contributed by atoms with E-state index in [1.807, 2.05) is 13.8 Å². The molecule has 2 aliphatic heterocycles. The Morgan fingerprint density at radius 3 is 2.50 bits per heavy atom. The average molecular weight is 334 g/mol. The molecule has 7 nitrogen and oxygen atoms in total. The molecule has 2 atom stereocenters. The van der Waals surface area contributed by atoms with Crippen molar-refractivity contribution in [3.8, 4) is 0 Å². The molecule has 2 unspecified atom stereocenters. The van der Waals surface area contributed by atoms with Crippen LogP contribution in [-0.2, 0) is 4.79 Å². The summed E-state index contributed by atoms with van der Waals surface area (Å²) in [6, 6.07) is -0.0342. The van der Waals surface area contributed by atoms with Gasteiger partial charge in [0.05, 0.1) is 6.04 Å². The van der Waals surface area contributed by atoms with Gasteiger partial charge in [-0.15, -0.1) is 12.4 Å². The summed E-state index contributed by atoms with van der Waals surface area (Å²) in [6.07, 6.45) is 1.22. The first kappa shape index (κ1) is 19.2. The Balaban J connectivity index is 0.00000242. The highest BCUT2D eigenvalue weighted by atomic mass is 35.5. The minimum Gasteiger partial charge on any atom is -0.338 e. The van der Waals surface area contributed by atoms with E-state index in [1.165, 1.54) is 6.42 Å². The molecule has 3 N–H and O–H groups in total. The fourth-order valence-corrected chi connectivity index (χ4v) is 3.03. The van der Waals surface area contributed by atoms with Crippen molar-refractivity contribution in [3.63, 3.8) is 0 Å². The molecule has 0 aromatic heterocycles. The van der Waals surface area contributed by atoms with Crippen LogP contribution in [0.2, 0.25) is 0 Å². The second-order valence-corrected chi connectivity index (χ2v) is 5.74. The van der Waals surface area contributed by atoms with Crippen molar-refractivity contribution in [2.24, 2.45) is 0 Å².